The van der Waals surface area contributed by atoms with Gasteiger partial charge in [-0.15, -0.1) is 0 Å². The van der Waals surface area contributed by atoms with Crippen molar-refractivity contribution in [2.45, 2.75) is 31.3 Å². The Morgan fingerprint density at radius 2 is 1.72 bits per heavy atom. The van der Waals surface area contributed by atoms with Gasteiger partial charge in [-0.1, -0.05) is 36.8 Å². The number of aliphatic hydroxyl groups is 1. The number of likely N-dealkylation sites (tertiary alicyclic amines) is 1. The maximum absolute atomic E-state index is 11.4. The van der Waals surface area contributed by atoms with E-state index in [9.17, 15) is 5.11 Å². The van der Waals surface area contributed by atoms with Crippen molar-refractivity contribution in [1.29, 1.82) is 0 Å². The predicted octanol–water partition coefficient (Wildman–Crippen LogP) is 2.20. The summed E-state index contributed by atoms with van der Waals surface area (Å²) in [4.78, 5) is 30.5. The Balaban J connectivity index is 0.000000464. The summed E-state index contributed by atoms with van der Waals surface area (Å²) in [6.07, 6.45) is 11.1. The van der Waals surface area contributed by atoms with E-state index in [1.807, 2.05) is 18.6 Å². The average Bonchev–Trinajstić information content (AvgIpc) is 3.16. The van der Waals surface area contributed by atoms with E-state index >= 15 is 0 Å². The summed E-state index contributed by atoms with van der Waals surface area (Å²) in [5.74, 6) is 1.93. The standard InChI is InChI=1S/C24H29N5O.2CH2O2/c30-20-16-28(22-14-25-13-21-26-9-12-29(21)22)17-24(20)19(15-27-10-5-2-6-11-27)23(24)18-7-3-1-4-8-18;2*2-1-3/h1,3-4,7-9,12-14,19-20,23,30H,2,5-6,10-11,15-17H2;2*1H,(H,2,3)/t19-,20+,23-,24-;;/m1../s1. The van der Waals surface area contributed by atoms with Gasteiger partial charge in [0.2, 0.25) is 0 Å². The average molecular weight is 496 g/mol. The largest absolute Gasteiger partial charge is 0.483 e. The zero-order chi connectivity index (χ0) is 25.5. The molecule has 36 heavy (non-hydrogen) atoms. The first-order chi connectivity index (χ1) is 17.6. The number of carboxylic acid groups (broad SMARTS) is 2. The van der Waals surface area contributed by atoms with Crippen molar-refractivity contribution >= 4 is 24.4 Å². The molecule has 4 heterocycles. The minimum absolute atomic E-state index is 0.0818. The van der Waals surface area contributed by atoms with Gasteiger partial charge in [0.15, 0.2) is 5.65 Å². The number of aromatic nitrogens is 3. The first kappa shape index (κ1) is 25.6. The fourth-order valence-corrected chi connectivity index (χ4v) is 6.23. The number of anilines is 1. The quantitative estimate of drug-likeness (QED) is 0.466. The minimum Gasteiger partial charge on any atom is -0.483 e. The number of nitrogens with zero attached hydrogens (tertiary/aromatic N) is 5. The normalized spacial score (nSPS) is 27.0. The van der Waals surface area contributed by atoms with Gasteiger partial charge in [-0.05, 0) is 43.3 Å². The summed E-state index contributed by atoms with van der Waals surface area (Å²) in [6.45, 7) is 4.51. The molecule has 10 heteroatoms. The summed E-state index contributed by atoms with van der Waals surface area (Å²) >= 11 is 0. The number of imidazole rings is 1. The fraction of sp³-hybridized carbons (Fsp3) is 0.462. The van der Waals surface area contributed by atoms with Crippen LogP contribution in [0.1, 0.15) is 30.7 Å². The molecule has 0 amide bonds. The lowest BCUT2D eigenvalue weighted by Gasteiger charge is -2.27. The van der Waals surface area contributed by atoms with Crippen LogP contribution >= 0.6 is 0 Å². The molecular weight excluding hydrogens is 462 g/mol. The van der Waals surface area contributed by atoms with Crippen LogP contribution in [0.5, 0.6) is 0 Å². The first-order valence-corrected chi connectivity index (χ1v) is 12.2. The van der Waals surface area contributed by atoms with Gasteiger partial charge in [0.25, 0.3) is 12.9 Å². The van der Waals surface area contributed by atoms with Crippen molar-refractivity contribution in [1.82, 2.24) is 19.3 Å². The van der Waals surface area contributed by atoms with Crippen LogP contribution in [-0.2, 0) is 9.59 Å². The van der Waals surface area contributed by atoms with Crippen molar-refractivity contribution in [2.24, 2.45) is 11.3 Å². The number of β-amino-alcohol motifs (C(OH)–C–C–N with tert-alkyl or cyclic N) is 1. The first-order valence-electron chi connectivity index (χ1n) is 12.2. The van der Waals surface area contributed by atoms with E-state index in [4.69, 9.17) is 19.8 Å². The Morgan fingerprint density at radius 1 is 1.03 bits per heavy atom. The number of hydrogen-bond acceptors (Lipinski definition) is 7. The molecule has 2 aliphatic heterocycles. The number of rotatable bonds is 4. The summed E-state index contributed by atoms with van der Waals surface area (Å²) in [7, 11) is 0. The number of piperidine rings is 1. The number of fused-ring (bicyclic) bond motifs is 1. The van der Waals surface area contributed by atoms with E-state index in [0.717, 1.165) is 24.6 Å². The maximum atomic E-state index is 11.4. The minimum atomic E-state index is -0.337. The van der Waals surface area contributed by atoms with Crippen LogP contribution < -0.4 is 4.90 Å². The van der Waals surface area contributed by atoms with Crippen molar-refractivity contribution < 1.29 is 24.9 Å². The molecule has 2 saturated heterocycles. The second-order valence-electron chi connectivity index (χ2n) is 9.50. The summed E-state index contributed by atoms with van der Waals surface area (Å²) < 4.78 is 2.08. The number of carbonyl (C=O) groups is 2. The highest BCUT2D eigenvalue weighted by atomic mass is 16.3. The van der Waals surface area contributed by atoms with Gasteiger partial charge in [0, 0.05) is 37.4 Å². The molecule has 3 aliphatic rings. The van der Waals surface area contributed by atoms with E-state index in [1.54, 1.807) is 6.20 Å². The zero-order valence-corrected chi connectivity index (χ0v) is 20.1. The topological polar surface area (TPSA) is 132 Å². The molecule has 2 aromatic heterocycles. The number of hydrogen-bond donors (Lipinski definition) is 3. The monoisotopic (exact) mass is 495 g/mol. The van der Waals surface area contributed by atoms with E-state index in [1.165, 1.54) is 37.9 Å². The number of aliphatic hydroxyl groups excluding tert-OH is 1. The molecule has 3 aromatic rings. The summed E-state index contributed by atoms with van der Waals surface area (Å²) in [5, 5.41) is 25.2. The van der Waals surface area contributed by atoms with Crippen LogP contribution in [0.4, 0.5) is 5.82 Å². The molecule has 1 saturated carbocycles. The van der Waals surface area contributed by atoms with Crippen molar-refractivity contribution in [3.63, 3.8) is 0 Å². The fourth-order valence-electron chi connectivity index (χ4n) is 6.23. The molecule has 3 N–H and O–H groups in total. The lowest BCUT2D eigenvalue weighted by atomic mass is 9.95. The van der Waals surface area contributed by atoms with E-state index in [-0.39, 0.29) is 24.5 Å². The Labute approximate surface area is 209 Å². The Morgan fingerprint density at radius 3 is 2.42 bits per heavy atom. The van der Waals surface area contributed by atoms with Crippen LogP contribution in [0.2, 0.25) is 0 Å². The van der Waals surface area contributed by atoms with Crippen molar-refractivity contribution in [3.05, 3.63) is 60.7 Å². The van der Waals surface area contributed by atoms with Gasteiger partial charge in [0.05, 0.1) is 18.5 Å². The molecule has 0 bridgehead atoms. The summed E-state index contributed by atoms with van der Waals surface area (Å²) in [5.41, 5.74) is 2.14. The predicted molar refractivity (Wildman–Crippen MR) is 134 cm³/mol. The lowest BCUT2D eigenvalue weighted by molar-refractivity contribution is -0.123. The molecule has 0 unspecified atom stereocenters. The third kappa shape index (κ3) is 4.91. The second-order valence-corrected chi connectivity index (χ2v) is 9.50. The lowest BCUT2D eigenvalue weighted by Crippen LogP contribution is -2.34. The molecule has 192 valence electrons. The third-order valence-electron chi connectivity index (χ3n) is 7.72. The van der Waals surface area contributed by atoms with Gasteiger partial charge in [0.1, 0.15) is 5.82 Å². The van der Waals surface area contributed by atoms with E-state index in [2.05, 4.69) is 54.5 Å². The van der Waals surface area contributed by atoms with Crippen LogP contribution in [0.15, 0.2) is 55.1 Å². The SMILES string of the molecule is O=CO.O=CO.O[C@H]1CN(c2cncc3nccn23)C[C@@]12[C@H](CN1CCCCC1)[C@H]2c1ccccc1. The smallest absolute Gasteiger partial charge is 0.290 e. The number of benzene rings is 1. The maximum Gasteiger partial charge on any atom is 0.290 e. The molecule has 1 spiro atoms. The molecule has 3 fully saturated rings. The third-order valence-corrected chi connectivity index (χ3v) is 7.72. The van der Waals surface area contributed by atoms with Crippen LogP contribution in [-0.4, -0.2) is 86.4 Å². The molecule has 1 aromatic carbocycles. The van der Waals surface area contributed by atoms with Gasteiger partial charge < -0.3 is 25.1 Å². The Bertz CT molecular complexity index is 1130. The van der Waals surface area contributed by atoms with Crippen molar-refractivity contribution in [2.75, 3.05) is 37.6 Å². The van der Waals surface area contributed by atoms with Crippen LogP contribution in [0, 0.1) is 11.3 Å². The van der Waals surface area contributed by atoms with Gasteiger partial charge in [-0.2, -0.15) is 0 Å². The van der Waals surface area contributed by atoms with Gasteiger partial charge >= 0.3 is 0 Å². The molecule has 6 rings (SSSR count). The van der Waals surface area contributed by atoms with Gasteiger partial charge in [-0.3, -0.25) is 19.0 Å². The second kappa shape index (κ2) is 11.5. The van der Waals surface area contributed by atoms with Crippen molar-refractivity contribution in [3.8, 4) is 0 Å². The Kier molecular flexibility index (Phi) is 8.17. The molecule has 4 atom stereocenters. The van der Waals surface area contributed by atoms with Crippen LogP contribution in [0.25, 0.3) is 5.65 Å². The highest BCUT2D eigenvalue weighted by Crippen LogP contribution is 2.69. The highest BCUT2D eigenvalue weighted by molar-refractivity contribution is 5.52. The zero-order valence-electron chi connectivity index (χ0n) is 20.1. The molecule has 1 aliphatic carbocycles. The summed E-state index contributed by atoms with van der Waals surface area (Å²) in [6, 6.07) is 10.8. The van der Waals surface area contributed by atoms with Crippen LogP contribution in [0.3, 0.4) is 0 Å². The van der Waals surface area contributed by atoms with Gasteiger partial charge in [-0.25, -0.2) is 4.98 Å². The van der Waals surface area contributed by atoms with E-state index in [0.29, 0.717) is 18.4 Å². The molecular formula is C26H33N5O5. The molecule has 0 radical (unpaired) electrons. The molecule has 10 nitrogen and oxygen atoms in total. The van der Waals surface area contributed by atoms with E-state index < -0.39 is 0 Å². The highest BCUT2D eigenvalue weighted by Gasteiger charge is 2.71. The Hall–Kier alpha value is -3.50.